The predicted octanol–water partition coefficient (Wildman–Crippen LogP) is 4.76. The van der Waals surface area contributed by atoms with Gasteiger partial charge >= 0.3 is 0 Å². The van der Waals surface area contributed by atoms with Crippen LogP contribution in [0.3, 0.4) is 0 Å². The van der Waals surface area contributed by atoms with Gasteiger partial charge in [0.1, 0.15) is 11.5 Å². The lowest BCUT2D eigenvalue weighted by molar-refractivity contribution is 0.102. The van der Waals surface area contributed by atoms with Crippen molar-refractivity contribution in [3.63, 3.8) is 0 Å². The lowest BCUT2D eigenvalue weighted by Gasteiger charge is -2.14. The molecule has 0 aliphatic carbocycles. The van der Waals surface area contributed by atoms with Crippen molar-refractivity contribution in [1.82, 2.24) is 15.0 Å². The average molecular weight is 542 g/mol. The number of amides is 1. The number of rotatable bonds is 8. The van der Waals surface area contributed by atoms with Crippen molar-refractivity contribution in [3.8, 4) is 22.8 Å². The smallest absolute Gasteiger partial charge is 0.264 e. The number of aromatic nitrogens is 3. The van der Waals surface area contributed by atoms with Crippen LogP contribution in [-0.4, -0.2) is 43.5 Å². The standard InChI is InChI=1S/C28H23N5O5S/c1-37-19-10-13-22(26(16-19)38-2)25-17-23(21-6-3-4-7-24(21)32-25)27(34)31-18-8-11-20(12-9-18)39(35,36)33-28-29-14-5-15-30-28/h3-17H,1-2H3,(H,31,34)(H,29,30,33). The predicted molar refractivity (Wildman–Crippen MR) is 148 cm³/mol. The van der Waals surface area contributed by atoms with Gasteiger partial charge in [-0.15, -0.1) is 0 Å². The van der Waals surface area contributed by atoms with Crippen LogP contribution < -0.4 is 19.5 Å². The molecule has 0 spiro atoms. The minimum atomic E-state index is -3.90. The lowest BCUT2D eigenvalue weighted by Crippen LogP contribution is -2.15. The largest absolute Gasteiger partial charge is 0.497 e. The normalized spacial score (nSPS) is 11.1. The first-order chi connectivity index (χ1) is 18.9. The summed E-state index contributed by atoms with van der Waals surface area (Å²) in [6, 6.07) is 21.8. The van der Waals surface area contributed by atoms with Gasteiger partial charge in [-0.05, 0) is 54.6 Å². The minimum Gasteiger partial charge on any atom is -0.497 e. The van der Waals surface area contributed by atoms with Crippen LogP contribution in [-0.2, 0) is 10.0 Å². The molecule has 0 radical (unpaired) electrons. The molecular weight excluding hydrogens is 518 g/mol. The number of para-hydroxylation sites is 1. The SMILES string of the molecule is COc1ccc(-c2cc(C(=O)Nc3ccc(S(=O)(=O)Nc4ncccn4)cc3)c3ccccc3n2)c(OC)c1. The number of nitrogens with zero attached hydrogens (tertiary/aromatic N) is 3. The second kappa shape index (κ2) is 10.8. The molecule has 2 N–H and O–H groups in total. The molecule has 1 amide bonds. The summed E-state index contributed by atoms with van der Waals surface area (Å²) in [4.78, 5) is 25.9. The number of carbonyl (C=O) groups excluding carboxylic acids is 1. The number of fused-ring (bicyclic) bond motifs is 1. The van der Waals surface area contributed by atoms with E-state index in [4.69, 9.17) is 14.5 Å². The number of hydrogen-bond donors (Lipinski definition) is 2. The molecule has 0 bridgehead atoms. The summed E-state index contributed by atoms with van der Waals surface area (Å²) in [5.41, 5.74) is 2.69. The summed E-state index contributed by atoms with van der Waals surface area (Å²) in [7, 11) is -0.779. The fourth-order valence-corrected chi connectivity index (χ4v) is 4.92. The van der Waals surface area contributed by atoms with Gasteiger partial charge < -0.3 is 14.8 Å². The molecule has 5 rings (SSSR count). The van der Waals surface area contributed by atoms with Gasteiger partial charge in [0.05, 0.1) is 35.9 Å². The van der Waals surface area contributed by atoms with Crippen LogP contribution in [0.2, 0.25) is 0 Å². The molecular formula is C28H23N5O5S. The average Bonchev–Trinajstić information content (AvgIpc) is 2.96. The van der Waals surface area contributed by atoms with E-state index in [1.54, 1.807) is 38.5 Å². The van der Waals surface area contributed by atoms with E-state index in [2.05, 4.69) is 20.0 Å². The first-order valence-corrected chi connectivity index (χ1v) is 13.2. The summed E-state index contributed by atoms with van der Waals surface area (Å²) < 4.78 is 38.5. The number of carbonyl (C=O) groups is 1. The fourth-order valence-electron chi connectivity index (χ4n) is 3.96. The van der Waals surface area contributed by atoms with E-state index in [1.807, 2.05) is 30.3 Å². The summed E-state index contributed by atoms with van der Waals surface area (Å²) in [6.45, 7) is 0. The number of benzene rings is 3. The summed E-state index contributed by atoms with van der Waals surface area (Å²) in [6.07, 6.45) is 2.87. The first kappa shape index (κ1) is 25.6. The number of nitrogens with one attached hydrogen (secondary N) is 2. The molecule has 0 saturated heterocycles. The quantitative estimate of drug-likeness (QED) is 0.287. The Hall–Kier alpha value is -5.03. The van der Waals surface area contributed by atoms with Crippen molar-refractivity contribution in [3.05, 3.63) is 96.8 Å². The lowest BCUT2D eigenvalue weighted by atomic mass is 10.0. The van der Waals surface area contributed by atoms with Crippen molar-refractivity contribution < 1.29 is 22.7 Å². The monoisotopic (exact) mass is 541 g/mol. The van der Waals surface area contributed by atoms with Gasteiger partial charge in [-0.2, -0.15) is 0 Å². The van der Waals surface area contributed by atoms with E-state index < -0.39 is 10.0 Å². The molecule has 0 aliphatic rings. The molecule has 0 unspecified atom stereocenters. The molecule has 10 nitrogen and oxygen atoms in total. The topological polar surface area (TPSA) is 132 Å². The Morgan fingerprint density at radius 2 is 1.59 bits per heavy atom. The van der Waals surface area contributed by atoms with Gasteiger partial charge in [-0.3, -0.25) is 4.79 Å². The zero-order chi connectivity index (χ0) is 27.4. The van der Waals surface area contributed by atoms with Crippen LogP contribution in [0.25, 0.3) is 22.2 Å². The molecule has 196 valence electrons. The Bertz CT molecular complexity index is 1760. The highest BCUT2D eigenvalue weighted by Gasteiger charge is 2.18. The Morgan fingerprint density at radius 3 is 2.31 bits per heavy atom. The van der Waals surface area contributed by atoms with Crippen LogP contribution in [0.4, 0.5) is 11.6 Å². The number of anilines is 2. The Morgan fingerprint density at radius 1 is 0.846 bits per heavy atom. The number of hydrogen-bond acceptors (Lipinski definition) is 8. The highest BCUT2D eigenvalue weighted by molar-refractivity contribution is 7.92. The van der Waals surface area contributed by atoms with Crippen LogP contribution in [0.1, 0.15) is 10.4 Å². The van der Waals surface area contributed by atoms with E-state index in [-0.39, 0.29) is 16.8 Å². The third kappa shape index (κ3) is 5.48. The summed E-state index contributed by atoms with van der Waals surface area (Å²) >= 11 is 0. The molecule has 2 aromatic heterocycles. The summed E-state index contributed by atoms with van der Waals surface area (Å²) in [5, 5.41) is 3.51. The van der Waals surface area contributed by atoms with Crippen molar-refractivity contribution >= 4 is 38.5 Å². The molecule has 39 heavy (non-hydrogen) atoms. The second-order valence-electron chi connectivity index (χ2n) is 8.29. The van der Waals surface area contributed by atoms with Gasteiger partial charge in [0.15, 0.2) is 0 Å². The minimum absolute atomic E-state index is 0.00352. The van der Waals surface area contributed by atoms with E-state index >= 15 is 0 Å². The molecule has 0 atom stereocenters. The first-order valence-electron chi connectivity index (χ1n) is 11.7. The van der Waals surface area contributed by atoms with E-state index in [1.165, 1.54) is 36.7 Å². The molecule has 0 saturated carbocycles. The Balaban J connectivity index is 1.45. The third-order valence-corrected chi connectivity index (χ3v) is 7.20. The number of methoxy groups -OCH3 is 2. The third-order valence-electron chi connectivity index (χ3n) is 5.86. The van der Waals surface area contributed by atoms with E-state index in [0.717, 1.165) is 0 Å². The zero-order valence-corrected chi connectivity index (χ0v) is 21.8. The fraction of sp³-hybridized carbons (Fsp3) is 0.0714. The maximum absolute atomic E-state index is 13.5. The van der Waals surface area contributed by atoms with Crippen molar-refractivity contribution in [2.45, 2.75) is 4.90 Å². The maximum Gasteiger partial charge on any atom is 0.264 e. The Labute approximate surface area is 224 Å². The second-order valence-corrected chi connectivity index (χ2v) is 9.98. The van der Waals surface area contributed by atoms with Crippen molar-refractivity contribution in [2.24, 2.45) is 0 Å². The van der Waals surface area contributed by atoms with Crippen molar-refractivity contribution in [2.75, 3.05) is 24.3 Å². The molecule has 2 heterocycles. The molecule has 5 aromatic rings. The van der Waals surface area contributed by atoms with Gasteiger partial charge in [0, 0.05) is 35.1 Å². The number of sulfonamides is 1. The highest BCUT2D eigenvalue weighted by atomic mass is 32.2. The van der Waals surface area contributed by atoms with E-state index in [0.29, 0.717) is 44.9 Å². The summed E-state index contributed by atoms with van der Waals surface area (Å²) in [5.74, 6) is 0.763. The van der Waals surface area contributed by atoms with Crippen LogP contribution in [0.5, 0.6) is 11.5 Å². The molecule has 11 heteroatoms. The zero-order valence-electron chi connectivity index (χ0n) is 21.0. The molecule has 0 aliphatic heterocycles. The van der Waals surface area contributed by atoms with Crippen LogP contribution in [0.15, 0.2) is 96.2 Å². The number of ether oxygens (including phenoxy) is 2. The molecule has 0 fully saturated rings. The van der Waals surface area contributed by atoms with Crippen molar-refractivity contribution in [1.29, 1.82) is 0 Å². The van der Waals surface area contributed by atoms with Gasteiger partial charge in [0.25, 0.3) is 15.9 Å². The van der Waals surface area contributed by atoms with E-state index in [9.17, 15) is 13.2 Å². The maximum atomic E-state index is 13.5. The highest BCUT2D eigenvalue weighted by Crippen LogP contribution is 2.34. The van der Waals surface area contributed by atoms with Gasteiger partial charge in [-0.25, -0.2) is 28.1 Å². The molecule has 3 aromatic carbocycles. The van der Waals surface area contributed by atoms with Gasteiger partial charge in [-0.1, -0.05) is 18.2 Å². The van der Waals surface area contributed by atoms with Gasteiger partial charge in [0.2, 0.25) is 5.95 Å². The van der Waals surface area contributed by atoms with Crippen LogP contribution >= 0.6 is 0 Å². The Kier molecular flexibility index (Phi) is 7.06. The number of pyridine rings is 1. The van der Waals surface area contributed by atoms with Crippen LogP contribution in [0, 0.1) is 0 Å².